The Bertz CT molecular complexity index is 322. The van der Waals surface area contributed by atoms with Crippen molar-refractivity contribution in [1.29, 1.82) is 0 Å². The Kier molecular flexibility index (Phi) is 6.68. The molecule has 0 spiro atoms. The van der Waals surface area contributed by atoms with Crippen molar-refractivity contribution in [3.63, 3.8) is 0 Å². The molecule has 0 amide bonds. The van der Waals surface area contributed by atoms with Gasteiger partial charge in [0, 0.05) is 26.2 Å². The molecule has 1 unspecified atom stereocenters. The highest BCUT2D eigenvalue weighted by Crippen LogP contribution is 2.17. The van der Waals surface area contributed by atoms with Gasteiger partial charge in [0.05, 0.1) is 24.2 Å². The summed E-state index contributed by atoms with van der Waals surface area (Å²) in [5.74, 6) is 0. The Morgan fingerprint density at radius 3 is 2.67 bits per heavy atom. The quantitative estimate of drug-likeness (QED) is 0.719. The van der Waals surface area contributed by atoms with E-state index in [4.69, 9.17) is 4.74 Å². The first-order chi connectivity index (χ1) is 8.72. The maximum absolute atomic E-state index is 5.35. The molecule has 0 fully saturated rings. The molecule has 1 aromatic heterocycles. The van der Waals surface area contributed by atoms with Crippen LogP contribution in [0.25, 0.3) is 0 Å². The molecule has 0 saturated heterocycles. The summed E-state index contributed by atoms with van der Waals surface area (Å²) in [5, 5.41) is 3.26. The highest BCUT2D eigenvalue weighted by molar-refractivity contribution is 5.43. The SMILES string of the molecule is CCOCCN(C)c1ccc(C(CC)NC)nc1. The number of pyridine rings is 1. The summed E-state index contributed by atoms with van der Waals surface area (Å²) in [6.07, 6.45) is 2.98. The number of anilines is 1. The highest BCUT2D eigenvalue weighted by atomic mass is 16.5. The van der Waals surface area contributed by atoms with Crippen molar-refractivity contribution in [1.82, 2.24) is 10.3 Å². The second kappa shape index (κ2) is 8.06. The van der Waals surface area contributed by atoms with Crippen LogP contribution in [0, 0.1) is 0 Å². The first kappa shape index (κ1) is 14.9. The van der Waals surface area contributed by atoms with Crippen LogP contribution in [0.5, 0.6) is 0 Å². The largest absolute Gasteiger partial charge is 0.380 e. The summed E-state index contributed by atoms with van der Waals surface area (Å²) >= 11 is 0. The van der Waals surface area contributed by atoms with Crippen LogP contribution in [-0.2, 0) is 4.74 Å². The Balaban J connectivity index is 2.58. The van der Waals surface area contributed by atoms with Gasteiger partial charge in [0.25, 0.3) is 0 Å². The molecule has 4 nitrogen and oxygen atoms in total. The zero-order valence-electron chi connectivity index (χ0n) is 11.9. The van der Waals surface area contributed by atoms with Gasteiger partial charge in [-0.2, -0.15) is 0 Å². The standard InChI is InChI=1S/C14H25N3O/c1-5-13(15-3)14-8-7-12(11-16-14)17(4)9-10-18-6-2/h7-8,11,13,15H,5-6,9-10H2,1-4H3. The van der Waals surface area contributed by atoms with Crippen LogP contribution in [0.3, 0.4) is 0 Å². The van der Waals surface area contributed by atoms with E-state index < -0.39 is 0 Å². The lowest BCUT2D eigenvalue weighted by atomic mass is 10.1. The van der Waals surface area contributed by atoms with Gasteiger partial charge < -0.3 is 15.0 Å². The first-order valence-electron chi connectivity index (χ1n) is 6.65. The fraction of sp³-hybridized carbons (Fsp3) is 0.643. The molecular weight excluding hydrogens is 226 g/mol. The predicted octanol–water partition coefficient (Wildman–Crippen LogP) is 2.22. The number of hydrogen-bond acceptors (Lipinski definition) is 4. The Morgan fingerprint density at radius 1 is 1.39 bits per heavy atom. The normalized spacial score (nSPS) is 12.4. The number of nitrogens with one attached hydrogen (secondary N) is 1. The number of hydrogen-bond donors (Lipinski definition) is 1. The molecule has 1 heterocycles. The van der Waals surface area contributed by atoms with E-state index in [0.717, 1.165) is 37.6 Å². The van der Waals surface area contributed by atoms with Crippen molar-refractivity contribution in [2.75, 3.05) is 38.8 Å². The van der Waals surface area contributed by atoms with Crippen molar-refractivity contribution >= 4 is 5.69 Å². The van der Waals surface area contributed by atoms with E-state index in [1.54, 1.807) is 0 Å². The second-order valence-corrected chi connectivity index (χ2v) is 4.31. The topological polar surface area (TPSA) is 37.4 Å². The van der Waals surface area contributed by atoms with Gasteiger partial charge in [0.1, 0.15) is 0 Å². The molecule has 0 aliphatic rings. The van der Waals surface area contributed by atoms with Gasteiger partial charge in [-0.1, -0.05) is 6.92 Å². The van der Waals surface area contributed by atoms with Crippen LogP contribution in [-0.4, -0.2) is 38.8 Å². The molecule has 0 aromatic carbocycles. The van der Waals surface area contributed by atoms with E-state index in [1.165, 1.54) is 0 Å². The average Bonchev–Trinajstić information content (AvgIpc) is 2.41. The lowest BCUT2D eigenvalue weighted by Crippen LogP contribution is -2.23. The molecule has 0 aliphatic heterocycles. The smallest absolute Gasteiger partial charge is 0.0641 e. The van der Waals surface area contributed by atoms with Gasteiger partial charge in [-0.05, 0) is 32.5 Å². The van der Waals surface area contributed by atoms with E-state index in [0.29, 0.717) is 6.04 Å². The first-order valence-corrected chi connectivity index (χ1v) is 6.65. The molecule has 1 N–H and O–H groups in total. The highest BCUT2D eigenvalue weighted by Gasteiger charge is 2.08. The third-order valence-corrected chi connectivity index (χ3v) is 3.10. The van der Waals surface area contributed by atoms with Gasteiger partial charge in [0.15, 0.2) is 0 Å². The van der Waals surface area contributed by atoms with Crippen LogP contribution >= 0.6 is 0 Å². The van der Waals surface area contributed by atoms with Crippen molar-refractivity contribution < 1.29 is 4.74 Å². The van der Waals surface area contributed by atoms with Crippen molar-refractivity contribution in [2.45, 2.75) is 26.3 Å². The van der Waals surface area contributed by atoms with Crippen LogP contribution in [0.15, 0.2) is 18.3 Å². The summed E-state index contributed by atoms with van der Waals surface area (Å²) in [7, 11) is 4.03. The minimum absolute atomic E-state index is 0.341. The molecule has 18 heavy (non-hydrogen) atoms. The molecule has 1 aromatic rings. The number of aromatic nitrogens is 1. The van der Waals surface area contributed by atoms with Gasteiger partial charge in [0.2, 0.25) is 0 Å². The van der Waals surface area contributed by atoms with Gasteiger partial charge in [-0.3, -0.25) is 4.98 Å². The lowest BCUT2D eigenvalue weighted by Gasteiger charge is -2.20. The lowest BCUT2D eigenvalue weighted by molar-refractivity contribution is 0.154. The number of ether oxygens (including phenoxy) is 1. The Morgan fingerprint density at radius 2 is 2.17 bits per heavy atom. The van der Waals surface area contributed by atoms with Crippen molar-refractivity contribution in [2.24, 2.45) is 0 Å². The van der Waals surface area contributed by atoms with Crippen LogP contribution < -0.4 is 10.2 Å². The molecule has 0 aliphatic carbocycles. The summed E-state index contributed by atoms with van der Waals surface area (Å²) in [5.41, 5.74) is 2.23. The van der Waals surface area contributed by atoms with E-state index >= 15 is 0 Å². The van der Waals surface area contributed by atoms with E-state index in [-0.39, 0.29) is 0 Å². The minimum atomic E-state index is 0.341. The summed E-state index contributed by atoms with van der Waals surface area (Å²) < 4.78 is 5.35. The van der Waals surface area contributed by atoms with Crippen LogP contribution in [0.1, 0.15) is 32.0 Å². The fourth-order valence-electron chi connectivity index (χ4n) is 1.87. The van der Waals surface area contributed by atoms with Gasteiger partial charge in [-0.25, -0.2) is 0 Å². The van der Waals surface area contributed by atoms with Crippen molar-refractivity contribution in [3.05, 3.63) is 24.0 Å². The van der Waals surface area contributed by atoms with E-state index in [9.17, 15) is 0 Å². The molecule has 102 valence electrons. The molecule has 0 bridgehead atoms. The summed E-state index contributed by atoms with van der Waals surface area (Å²) in [6.45, 7) is 6.58. The molecule has 1 rings (SSSR count). The third-order valence-electron chi connectivity index (χ3n) is 3.10. The average molecular weight is 251 g/mol. The monoisotopic (exact) mass is 251 g/mol. The van der Waals surface area contributed by atoms with Crippen LogP contribution in [0.2, 0.25) is 0 Å². The molecular formula is C14H25N3O. The Hall–Kier alpha value is -1.13. The fourth-order valence-corrected chi connectivity index (χ4v) is 1.87. The predicted molar refractivity (Wildman–Crippen MR) is 76.1 cm³/mol. The maximum Gasteiger partial charge on any atom is 0.0641 e. The van der Waals surface area contributed by atoms with Gasteiger partial charge in [-0.15, -0.1) is 0 Å². The summed E-state index contributed by atoms with van der Waals surface area (Å²) in [4.78, 5) is 6.68. The van der Waals surface area contributed by atoms with Crippen molar-refractivity contribution in [3.8, 4) is 0 Å². The number of nitrogens with zero attached hydrogens (tertiary/aromatic N) is 2. The molecule has 1 atom stereocenters. The minimum Gasteiger partial charge on any atom is -0.380 e. The molecule has 0 radical (unpaired) electrons. The number of rotatable bonds is 8. The zero-order chi connectivity index (χ0) is 13.4. The number of likely N-dealkylation sites (N-methyl/N-ethyl adjacent to an activating group) is 1. The van der Waals surface area contributed by atoms with Crippen LogP contribution in [0.4, 0.5) is 5.69 Å². The third kappa shape index (κ3) is 4.27. The van der Waals surface area contributed by atoms with Gasteiger partial charge >= 0.3 is 0 Å². The zero-order valence-corrected chi connectivity index (χ0v) is 11.9. The Labute approximate surface area is 110 Å². The summed E-state index contributed by atoms with van der Waals surface area (Å²) in [6, 6.07) is 4.55. The van der Waals surface area contributed by atoms with E-state index in [1.807, 2.05) is 20.2 Å². The molecule has 4 heteroatoms. The second-order valence-electron chi connectivity index (χ2n) is 4.31. The van der Waals surface area contributed by atoms with E-state index in [2.05, 4.69) is 41.3 Å². The molecule has 0 saturated carbocycles. The maximum atomic E-state index is 5.35.